The Morgan fingerprint density at radius 2 is 1.60 bits per heavy atom. The highest BCUT2D eigenvalue weighted by atomic mass is 32.1. The first-order valence-electron chi connectivity index (χ1n) is 12.5. The molecule has 1 nitrogen and oxygen atoms in total. The van der Waals surface area contributed by atoms with Gasteiger partial charge in [-0.1, -0.05) is 58.9 Å². The third kappa shape index (κ3) is 3.77. The van der Waals surface area contributed by atoms with Gasteiger partial charge in [-0.2, -0.15) is 0 Å². The van der Waals surface area contributed by atoms with Crippen LogP contribution in [-0.4, -0.2) is 4.98 Å². The molecule has 0 spiro atoms. The number of rotatable bonds is 3. The molecule has 0 atom stereocenters. The second-order valence-corrected chi connectivity index (χ2v) is 13.5. The van der Waals surface area contributed by atoms with Crippen molar-refractivity contribution in [2.24, 2.45) is 5.92 Å². The van der Waals surface area contributed by atoms with Gasteiger partial charge < -0.3 is 0 Å². The quantitative estimate of drug-likeness (QED) is 0.239. The lowest BCUT2D eigenvalue weighted by molar-refractivity contribution is 0.596. The van der Waals surface area contributed by atoms with E-state index in [4.69, 9.17) is 4.98 Å². The number of fused-ring (bicyclic) bond motifs is 5. The normalized spacial score (nSPS) is 12.7. The monoisotopic (exact) mass is 493 g/mol. The van der Waals surface area contributed by atoms with Gasteiger partial charge >= 0.3 is 0 Å². The van der Waals surface area contributed by atoms with Gasteiger partial charge in [0.25, 0.3) is 0 Å². The van der Waals surface area contributed by atoms with E-state index in [2.05, 4.69) is 96.1 Å². The summed E-state index contributed by atoms with van der Waals surface area (Å²) in [7, 11) is 0. The number of thiophene rings is 2. The molecule has 176 valence electrons. The average Bonchev–Trinajstić information content (AvgIpc) is 3.32. The van der Waals surface area contributed by atoms with Crippen LogP contribution in [0, 0.1) is 12.8 Å². The molecule has 6 aromatic rings. The van der Waals surface area contributed by atoms with Crippen LogP contribution in [0.4, 0.5) is 0 Å². The standard InChI is InChI=1S/C32H31NS2/c1-18(2)13-23-19(3)34-28-17-29-25(16-24(23)28)30-27(35-29)11-12-33-31(30)21-14-20-9-7-8-10-22(20)26(15-21)32(4,5)6/h7-12,14-18H,13H2,1-6H3. The molecule has 0 bridgehead atoms. The minimum absolute atomic E-state index is 0.0480. The lowest BCUT2D eigenvalue weighted by atomic mass is 9.82. The van der Waals surface area contributed by atoms with E-state index in [0.29, 0.717) is 5.92 Å². The molecule has 3 heteroatoms. The SMILES string of the molecule is Cc1sc2cc3sc4ccnc(-c5cc(C(C)(C)C)c6ccccc6c5)c4c3cc2c1CC(C)C. The van der Waals surface area contributed by atoms with Crippen molar-refractivity contribution in [1.82, 2.24) is 4.98 Å². The van der Waals surface area contributed by atoms with Gasteiger partial charge in [0, 0.05) is 41.5 Å². The van der Waals surface area contributed by atoms with Crippen molar-refractivity contribution < 1.29 is 0 Å². The molecule has 0 aliphatic rings. The lowest BCUT2D eigenvalue weighted by Gasteiger charge is -2.23. The lowest BCUT2D eigenvalue weighted by Crippen LogP contribution is -2.12. The summed E-state index contributed by atoms with van der Waals surface area (Å²) in [6, 6.07) is 20.5. The Hall–Kier alpha value is -2.75. The van der Waals surface area contributed by atoms with Crippen LogP contribution in [0.3, 0.4) is 0 Å². The van der Waals surface area contributed by atoms with Crippen LogP contribution in [0.1, 0.15) is 50.6 Å². The minimum atomic E-state index is 0.0480. The number of hydrogen-bond donors (Lipinski definition) is 0. The van der Waals surface area contributed by atoms with Gasteiger partial charge in [-0.05, 0) is 82.3 Å². The Morgan fingerprint density at radius 1 is 0.829 bits per heavy atom. The van der Waals surface area contributed by atoms with Crippen LogP contribution in [0.2, 0.25) is 0 Å². The maximum Gasteiger partial charge on any atom is 0.0795 e. The number of benzene rings is 3. The maximum atomic E-state index is 4.99. The summed E-state index contributed by atoms with van der Waals surface area (Å²) >= 11 is 3.84. The highest BCUT2D eigenvalue weighted by Gasteiger charge is 2.21. The van der Waals surface area contributed by atoms with Crippen LogP contribution in [0.25, 0.3) is 52.3 Å². The third-order valence-corrected chi connectivity index (χ3v) is 9.28. The molecule has 0 radical (unpaired) electrons. The molecular weight excluding hydrogens is 462 g/mol. The fourth-order valence-corrected chi connectivity index (χ4v) is 7.75. The maximum absolute atomic E-state index is 4.99. The Balaban J connectivity index is 1.67. The molecule has 0 amide bonds. The van der Waals surface area contributed by atoms with E-state index >= 15 is 0 Å². The number of hydrogen-bond acceptors (Lipinski definition) is 3. The largest absolute Gasteiger partial charge is 0.256 e. The first-order valence-corrected chi connectivity index (χ1v) is 14.1. The van der Waals surface area contributed by atoms with Gasteiger partial charge in [-0.3, -0.25) is 4.98 Å². The summed E-state index contributed by atoms with van der Waals surface area (Å²) in [5, 5.41) is 6.68. The summed E-state index contributed by atoms with van der Waals surface area (Å²) in [6.07, 6.45) is 3.11. The van der Waals surface area contributed by atoms with Crippen molar-refractivity contribution in [2.75, 3.05) is 0 Å². The number of pyridine rings is 1. The van der Waals surface area contributed by atoms with Gasteiger partial charge in [-0.25, -0.2) is 0 Å². The third-order valence-electron chi connectivity index (χ3n) is 7.05. The molecule has 3 heterocycles. The van der Waals surface area contributed by atoms with Crippen molar-refractivity contribution in [3.63, 3.8) is 0 Å². The molecule has 0 aliphatic carbocycles. The Morgan fingerprint density at radius 3 is 2.37 bits per heavy atom. The molecule has 3 aromatic carbocycles. The molecule has 0 N–H and O–H groups in total. The highest BCUT2D eigenvalue weighted by Crippen LogP contribution is 2.44. The number of aryl methyl sites for hydroxylation is 1. The van der Waals surface area contributed by atoms with E-state index in [1.807, 2.05) is 28.9 Å². The Bertz CT molecular complexity index is 1740. The van der Waals surface area contributed by atoms with Gasteiger partial charge in [0.15, 0.2) is 0 Å². The molecular formula is C32H31NS2. The summed E-state index contributed by atoms with van der Waals surface area (Å²) < 4.78 is 4.08. The Kier molecular flexibility index (Phi) is 5.28. The Labute approximate surface area is 215 Å². The van der Waals surface area contributed by atoms with Crippen molar-refractivity contribution in [1.29, 1.82) is 0 Å². The van der Waals surface area contributed by atoms with E-state index in [9.17, 15) is 0 Å². The van der Waals surface area contributed by atoms with Crippen LogP contribution in [0.5, 0.6) is 0 Å². The van der Waals surface area contributed by atoms with Gasteiger partial charge in [0.1, 0.15) is 0 Å². The fourth-order valence-electron chi connectivity index (χ4n) is 5.43. The summed E-state index contributed by atoms with van der Waals surface area (Å²) in [6.45, 7) is 13.8. The fraction of sp³-hybridized carbons (Fsp3) is 0.281. The number of nitrogens with zero attached hydrogens (tertiary/aromatic N) is 1. The van der Waals surface area contributed by atoms with E-state index in [-0.39, 0.29) is 5.41 Å². The van der Waals surface area contributed by atoms with Crippen LogP contribution in [0.15, 0.2) is 60.8 Å². The molecule has 6 rings (SSSR count). The average molecular weight is 494 g/mol. The van der Waals surface area contributed by atoms with E-state index in [1.165, 1.54) is 62.6 Å². The highest BCUT2D eigenvalue weighted by molar-refractivity contribution is 7.26. The van der Waals surface area contributed by atoms with Crippen LogP contribution >= 0.6 is 22.7 Å². The summed E-state index contributed by atoms with van der Waals surface area (Å²) in [5.41, 5.74) is 5.25. The van der Waals surface area contributed by atoms with Crippen LogP contribution in [-0.2, 0) is 11.8 Å². The molecule has 35 heavy (non-hydrogen) atoms. The summed E-state index contributed by atoms with van der Waals surface area (Å²) in [5.74, 6) is 0.645. The molecule has 3 aromatic heterocycles. The smallest absolute Gasteiger partial charge is 0.0795 e. The van der Waals surface area contributed by atoms with Gasteiger partial charge in [0.05, 0.1) is 5.69 Å². The zero-order valence-electron chi connectivity index (χ0n) is 21.3. The molecule has 0 unspecified atom stereocenters. The zero-order valence-corrected chi connectivity index (χ0v) is 23.0. The van der Waals surface area contributed by atoms with Crippen molar-refractivity contribution in [3.05, 3.63) is 76.8 Å². The van der Waals surface area contributed by atoms with Crippen molar-refractivity contribution >= 4 is 63.7 Å². The zero-order chi connectivity index (χ0) is 24.5. The van der Waals surface area contributed by atoms with E-state index in [1.54, 1.807) is 0 Å². The second-order valence-electron chi connectivity index (χ2n) is 11.2. The predicted octanol–water partition coefficient (Wildman–Crippen LogP) is 10.3. The minimum Gasteiger partial charge on any atom is -0.256 e. The first-order chi connectivity index (χ1) is 16.7. The number of aromatic nitrogens is 1. The molecule has 0 aliphatic heterocycles. The predicted molar refractivity (Wildman–Crippen MR) is 157 cm³/mol. The van der Waals surface area contributed by atoms with Crippen LogP contribution < -0.4 is 0 Å². The van der Waals surface area contributed by atoms with Crippen molar-refractivity contribution in [3.8, 4) is 11.3 Å². The summed E-state index contributed by atoms with van der Waals surface area (Å²) in [4.78, 5) is 6.45. The molecule has 0 fully saturated rings. The van der Waals surface area contributed by atoms with E-state index in [0.717, 1.165) is 12.1 Å². The molecule has 0 saturated heterocycles. The molecule has 0 saturated carbocycles. The first kappa shape index (κ1) is 22.7. The second kappa shape index (κ2) is 8.15. The van der Waals surface area contributed by atoms with Gasteiger partial charge in [-0.15, -0.1) is 22.7 Å². The topological polar surface area (TPSA) is 12.9 Å². The van der Waals surface area contributed by atoms with Gasteiger partial charge in [0.2, 0.25) is 0 Å². The van der Waals surface area contributed by atoms with Crippen molar-refractivity contribution in [2.45, 2.75) is 53.4 Å². The van der Waals surface area contributed by atoms with E-state index < -0.39 is 0 Å².